The van der Waals surface area contributed by atoms with Crippen LogP contribution in [0.25, 0.3) is 0 Å². The molecule has 0 saturated carbocycles. The van der Waals surface area contributed by atoms with Crippen molar-refractivity contribution in [2.24, 2.45) is 0 Å². The van der Waals surface area contributed by atoms with Gasteiger partial charge in [0.25, 0.3) is 11.5 Å². The molecule has 0 bridgehead atoms. The van der Waals surface area contributed by atoms with Crippen LogP contribution in [-0.4, -0.2) is 47.7 Å². The van der Waals surface area contributed by atoms with Crippen molar-refractivity contribution >= 4 is 5.91 Å². The zero-order valence-corrected chi connectivity index (χ0v) is 10.3. The Morgan fingerprint density at radius 1 is 1.56 bits per heavy atom. The molecule has 1 aromatic heterocycles. The number of hydrogen-bond acceptors (Lipinski definition) is 5. The number of ether oxygens (including phenoxy) is 1. The summed E-state index contributed by atoms with van der Waals surface area (Å²) in [6.45, 7) is 1.03. The molecule has 0 aliphatic carbocycles. The lowest BCUT2D eigenvalue weighted by molar-refractivity contribution is 0.0942. The van der Waals surface area contributed by atoms with Crippen molar-refractivity contribution < 1.29 is 14.6 Å². The van der Waals surface area contributed by atoms with Gasteiger partial charge in [-0.3, -0.25) is 9.59 Å². The SMILES string of the molecule is COCCn1nc(C(=O)NCCCO)ccc1=O. The normalized spacial score (nSPS) is 10.3. The molecule has 0 spiro atoms. The fourth-order valence-corrected chi connectivity index (χ4v) is 1.28. The van der Waals surface area contributed by atoms with Gasteiger partial charge in [-0.1, -0.05) is 0 Å². The Hall–Kier alpha value is -1.73. The van der Waals surface area contributed by atoms with Crippen LogP contribution in [-0.2, 0) is 11.3 Å². The van der Waals surface area contributed by atoms with Crippen LogP contribution in [0.1, 0.15) is 16.9 Å². The molecule has 0 aliphatic rings. The largest absolute Gasteiger partial charge is 0.396 e. The van der Waals surface area contributed by atoms with Gasteiger partial charge in [-0.05, 0) is 12.5 Å². The van der Waals surface area contributed by atoms with Crippen molar-refractivity contribution in [2.75, 3.05) is 26.9 Å². The zero-order chi connectivity index (χ0) is 13.4. The van der Waals surface area contributed by atoms with Crippen LogP contribution < -0.4 is 10.9 Å². The number of rotatable bonds is 7. The van der Waals surface area contributed by atoms with Crippen LogP contribution in [0.4, 0.5) is 0 Å². The second-order valence-corrected chi connectivity index (χ2v) is 3.61. The molecular formula is C11H17N3O4. The summed E-state index contributed by atoms with van der Waals surface area (Å²) in [6, 6.07) is 2.67. The lowest BCUT2D eigenvalue weighted by Gasteiger charge is -2.06. The second kappa shape index (κ2) is 7.57. The molecule has 1 rings (SSSR count). The molecule has 0 saturated heterocycles. The molecule has 0 unspecified atom stereocenters. The zero-order valence-electron chi connectivity index (χ0n) is 10.3. The van der Waals surface area contributed by atoms with Crippen molar-refractivity contribution in [2.45, 2.75) is 13.0 Å². The lowest BCUT2D eigenvalue weighted by Crippen LogP contribution is -2.31. The number of aliphatic hydroxyl groups excluding tert-OH is 1. The summed E-state index contributed by atoms with van der Waals surface area (Å²) in [5, 5.41) is 15.1. The maximum absolute atomic E-state index is 11.7. The Morgan fingerprint density at radius 3 is 3.00 bits per heavy atom. The maximum Gasteiger partial charge on any atom is 0.271 e. The molecule has 0 aromatic carbocycles. The minimum atomic E-state index is -0.366. The summed E-state index contributed by atoms with van der Waals surface area (Å²) in [5.74, 6) is -0.366. The Kier molecular flexibility index (Phi) is 6.03. The van der Waals surface area contributed by atoms with E-state index in [2.05, 4.69) is 10.4 Å². The summed E-state index contributed by atoms with van der Waals surface area (Å²) in [5.41, 5.74) is -0.109. The predicted octanol–water partition coefficient (Wildman–Crippen LogP) is -0.998. The first-order chi connectivity index (χ1) is 8.69. The number of aromatic nitrogens is 2. The van der Waals surface area contributed by atoms with E-state index < -0.39 is 0 Å². The highest BCUT2D eigenvalue weighted by atomic mass is 16.5. The minimum Gasteiger partial charge on any atom is -0.396 e. The van der Waals surface area contributed by atoms with Gasteiger partial charge in [-0.2, -0.15) is 5.10 Å². The van der Waals surface area contributed by atoms with Gasteiger partial charge in [-0.15, -0.1) is 0 Å². The number of hydrogen-bond donors (Lipinski definition) is 2. The standard InChI is InChI=1S/C11H17N3O4/c1-18-8-6-14-10(16)4-3-9(13-14)11(17)12-5-2-7-15/h3-4,15H,2,5-8H2,1H3,(H,12,17). The average Bonchev–Trinajstić information content (AvgIpc) is 2.38. The maximum atomic E-state index is 11.7. The highest BCUT2D eigenvalue weighted by Gasteiger charge is 2.08. The van der Waals surface area contributed by atoms with Crippen LogP contribution in [0, 0.1) is 0 Å². The summed E-state index contributed by atoms with van der Waals surface area (Å²) in [4.78, 5) is 23.1. The molecule has 1 aromatic rings. The van der Waals surface area contributed by atoms with Gasteiger partial charge >= 0.3 is 0 Å². The molecule has 0 aliphatic heterocycles. The van der Waals surface area contributed by atoms with Crippen LogP contribution in [0.3, 0.4) is 0 Å². The fraction of sp³-hybridized carbons (Fsp3) is 0.545. The number of nitrogens with zero attached hydrogens (tertiary/aromatic N) is 2. The number of aliphatic hydroxyl groups is 1. The lowest BCUT2D eigenvalue weighted by atomic mass is 10.3. The first kappa shape index (κ1) is 14.3. The van der Waals surface area contributed by atoms with Gasteiger partial charge in [0.2, 0.25) is 0 Å². The van der Waals surface area contributed by atoms with E-state index in [1.807, 2.05) is 0 Å². The quantitative estimate of drug-likeness (QED) is 0.610. The predicted molar refractivity (Wildman–Crippen MR) is 64.4 cm³/mol. The van der Waals surface area contributed by atoms with E-state index in [0.717, 1.165) is 0 Å². The Labute approximate surface area is 104 Å². The monoisotopic (exact) mass is 255 g/mol. The molecule has 1 amide bonds. The van der Waals surface area contributed by atoms with Crippen molar-refractivity contribution in [1.82, 2.24) is 15.1 Å². The smallest absolute Gasteiger partial charge is 0.271 e. The van der Waals surface area contributed by atoms with Gasteiger partial charge in [0.05, 0.1) is 13.2 Å². The highest BCUT2D eigenvalue weighted by molar-refractivity contribution is 5.91. The van der Waals surface area contributed by atoms with E-state index in [-0.39, 0.29) is 23.8 Å². The second-order valence-electron chi connectivity index (χ2n) is 3.61. The van der Waals surface area contributed by atoms with E-state index in [0.29, 0.717) is 26.1 Å². The summed E-state index contributed by atoms with van der Waals surface area (Å²) >= 11 is 0. The molecular weight excluding hydrogens is 238 g/mol. The van der Waals surface area contributed by atoms with Crippen molar-refractivity contribution in [3.05, 3.63) is 28.2 Å². The number of carbonyl (C=O) groups is 1. The number of nitrogens with one attached hydrogen (secondary N) is 1. The molecule has 2 N–H and O–H groups in total. The van der Waals surface area contributed by atoms with Crippen molar-refractivity contribution in [3.63, 3.8) is 0 Å². The molecule has 7 nitrogen and oxygen atoms in total. The molecule has 18 heavy (non-hydrogen) atoms. The van der Waals surface area contributed by atoms with E-state index in [9.17, 15) is 9.59 Å². The van der Waals surface area contributed by atoms with Crippen molar-refractivity contribution in [1.29, 1.82) is 0 Å². The number of carbonyl (C=O) groups excluding carboxylic acids is 1. The number of methoxy groups -OCH3 is 1. The first-order valence-electron chi connectivity index (χ1n) is 5.65. The third-order valence-corrected chi connectivity index (χ3v) is 2.23. The van der Waals surface area contributed by atoms with Gasteiger partial charge in [0, 0.05) is 26.3 Å². The molecule has 0 fully saturated rings. The molecule has 0 atom stereocenters. The van der Waals surface area contributed by atoms with Gasteiger partial charge in [0.15, 0.2) is 0 Å². The van der Waals surface area contributed by atoms with Crippen LogP contribution in [0.2, 0.25) is 0 Å². The topological polar surface area (TPSA) is 93.5 Å². The third kappa shape index (κ3) is 4.27. The van der Waals surface area contributed by atoms with E-state index in [4.69, 9.17) is 9.84 Å². The summed E-state index contributed by atoms with van der Waals surface area (Å²) in [6.07, 6.45) is 0.481. The van der Waals surface area contributed by atoms with E-state index in [1.165, 1.54) is 23.9 Å². The van der Waals surface area contributed by atoms with Crippen molar-refractivity contribution in [3.8, 4) is 0 Å². The average molecular weight is 255 g/mol. The summed E-state index contributed by atoms with van der Waals surface area (Å²) in [7, 11) is 1.52. The fourth-order valence-electron chi connectivity index (χ4n) is 1.28. The third-order valence-electron chi connectivity index (χ3n) is 2.23. The Balaban J connectivity index is 2.71. The Bertz CT molecular complexity index is 444. The van der Waals surface area contributed by atoms with Crippen LogP contribution in [0.5, 0.6) is 0 Å². The highest BCUT2D eigenvalue weighted by Crippen LogP contribution is 1.91. The summed E-state index contributed by atoms with van der Waals surface area (Å²) < 4.78 is 6.04. The van der Waals surface area contributed by atoms with Gasteiger partial charge in [-0.25, -0.2) is 4.68 Å². The van der Waals surface area contributed by atoms with Gasteiger partial charge in [0.1, 0.15) is 5.69 Å². The van der Waals surface area contributed by atoms with Crippen LogP contribution >= 0.6 is 0 Å². The minimum absolute atomic E-state index is 0.0149. The first-order valence-corrected chi connectivity index (χ1v) is 5.65. The number of amides is 1. The van der Waals surface area contributed by atoms with Crippen LogP contribution in [0.15, 0.2) is 16.9 Å². The van der Waals surface area contributed by atoms with E-state index >= 15 is 0 Å². The molecule has 100 valence electrons. The molecule has 0 radical (unpaired) electrons. The van der Waals surface area contributed by atoms with Gasteiger partial charge < -0.3 is 15.2 Å². The Morgan fingerprint density at radius 2 is 2.33 bits per heavy atom. The molecule has 1 heterocycles. The van der Waals surface area contributed by atoms with E-state index in [1.54, 1.807) is 0 Å². The molecule has 7 heteroatoms.